The first-order chi connectivity index (χ1) is 15.5. The number of H-pyrrole nitrogens is 2. The number of nitrogens with zero attached hydrogens (tertiary/aromatic N) is 2. The summed E-state index contributed by atoms with van der Waals surface area (Å²) in [6.07, 6.45) is 10.3. The molecule has 32 heavy (non-hydrogen) atoms. The fourth-order valence-electron chi connectivity index (χ4n) is 4.28. The standard InChI is InChI=1S/C26H26N6/c1-3-21(28)26-29-14-23(31-26)17-9-7-16(8-10-17)18-11-12-20-19(13-18)5-4-6-22-24(20)32-25(30-22)15(2)27/h1,7-15,21H,4-6,27-28H2,2H3,(H,29,31)(H,30,32)/t15-,21-/m0/s1. The summed E-state index contributed by atoms with van der Waals surface area (Å²) in [4.78, 5) is 15.7. The fourth-order valence-corrected chi connectivity index (χ4v) is 4.28. The molecule has 0 unspecified atom stereocenters. The number of hydrogen-bond acceptors (Lipinski definition) is 4. The van der Waals surface area contributed by atoms with Crippen LogP contribution in [0.15, 0.2) is 48.7 Å². The van der Waals surface area contributed by atoms with Crippen LogP contribution in [-0.4, -0.2) is 19.9 Å². The topological polar surface area (TPSA) is 109 Å². The molecule has 160 valence electrons. The van der Waals surface area contributed by atoms with Crippen LogP contribution in [0.1, 0.15) is 48.3 Å². The number of nitrogens with one attached hydrogen (secondary N) is 2. The predicted molar refractivity (Wildman–Crippen MR) is 127 cm³/mol. The molecule has 1 aliphatic rings. The van der Waals surface area contributed by atoms with Gasteiger partial charge in [0.1, 0.15) is 17.7 Å². The van der Waals surface area contributed by atoms with Gasteiger partial charge in [-0.15, -0.1) is 6.42 Å². The first kappa shape index (κ1) is 20.3. The molecule has 6 N–H and O–H groups in total. The molecule has 2 aromatic carbocycles. The Bertz CT molecular complexity index is 1300. The lowest BCUT2D eigenvalue weighted by Gasteiger charge is -2.10. The van der Waals surface area contributed by atoms with Crippen LogP contribution in [-0.2, 0) is 12.8 Å². The summed E-state index contributed by atoms with van der Waals surface area (Å²) in [5.41, 5.74) is 21.0. The molecule has 2 atom stereocenters. The van der Waals surface area contributed by atoms with E-state index in [2.05, 4.69) is 63.3 Å². The highest BCUT2D eigenvalue weighted by Crippen LogP contribution is 2.35. The van der Waals surface area contributed by atoms with E-state index >= 15 is 0 Å². The second kappa shape index (κ2) is 8.12. The van der Waals surface area contributed by atoms with E-state index in [0.29, 0.717) is 5.82 Å². The minimum atomic E-state index is -0.526. The quantitative estimate of drug-likeness (QED) is 0.368. The Morgan fingerprint density at radius 1 is 0.969 bits per heavy atom. The van der Waals surface area contributed by atoms with Crippen LogP contribution < -0.4 is 11.5 Å². The van der Waals surface area contributed by atoms with Gasteiger partial charge in [0.25, 0.3) is 0 Å². The van der Waals surface area contributed by atoms with Gasteiger partial charge >= 0.3 is 0 Å². The molecule has 1 aliphatic carbocycles. The first-order valence-electron chi connectivity index (χ1n) is 10.9. The van der Waals surface area contributed by atoms with Gasteiger partial charge in [0, 0.05) is 11.3 Å². The lowest BCUT2D eigenvalue weighted by Crippen LogP contribution is -2.08. The molecule has 2 heterocycles. The number of fused-ring (bicyclic) bond motifs is 3. The van der Waals surface area contributed by atoms with E-state index < -0.39 is 6.04 Å². The van der Waals surface area contributed by atoms with Gasteiger partial charge < -0.3 is 21.4 Å². The zero-order valence-electron chi connectivity index (χ0n) is 18.0. The van der Waals surface area contributed by atoms with Crippen LogP contribution in [0.25, 0.3) is 33.6 Å². The fraction of sp³-hybridized carbons (Fsp3) is 0.231. The van der Waals surface area contributed by atoms with Gasteiger partial charge in [-0.2, -0.15) is 0 Å². The molecule has 0 amide bonds. The lowest BCUT2D eigenvalue weighted by molar-refractivity contribution is 0.743. The number of rotatable bonds is 4. The highest BCUT2D eigenvalue weighted by Gasteiger charge is 2.20. The van der Waals surface area contributed by atoms with Crippen molar-refractivity contribution < 1.29 is 0 Å². The zero-order chi connectivity index (χ0) is 22.2. The third kappa shape index (κ3) is 3.62. The van der Waals surface area contributed by atoms with Gasteiger partial charge in [0.05, 0.1) is 23.6 Å². The molecular formula is C26H26N6. The molecule has 0 spiro atoms. The Kier molecular flexibility index (Phi) is 5.14. The number of hydrogen-bond donors (Lipinski definition) is 4. The number of terminal acetylenes is 1. The normalized spacial score (nSPS) is 14.7. The maximum absolute atomic E-state index is 6.05. The monoisotopic (exact) mass is 422 g/mol. The van der Waals surface area contributed by atoms with Gasteiger partial charge in [-0.3, -0.25) is 0 Å². The number of nitrogens with two attached hydrogens (primary N) is 2. The minimum absolute atomic E-state index is 0.101. The van der Waals surface area contributed by atoms with Gasteiger partial charge in [0.2, 0.25) is 0 Å². The van der Waals surface area contributed by atoms with Gasteiger partial charge in [-0.25, -0.2) is 9.97 Å². The number of imidazole rings is 2. The Morgan fingerprint density at radius 2 is 1.72 bits per heavy atom. The second-order valence-corrected chi connectivity index (χ2v) is 8.37. The summed E-state index contributed by atoms with van der Waals surface area (Å²) >= 11 is 0. The molecule has 0 aliphatic heterocycles. The van der Waals surface area contributed by atoms with Crippen molar-refractivity contribution >= 4 is 0 Å². The summed E-state index contributed by atoms with van der Waals surface area (Å²) in [7, 11) is 0. The van der Waals surface area contributed by atoms with Crippen molar-refractivity contribution in [3.63, 3.8) is 0 Å². The third-order valence-electron chi connectivity index (χ3n) is 6.06. The Morgan fingerprint density at radius 3 is 2.47 bits per heavy atom. The van der Waals surface area contributed by atoms with Crippen molar-refractivity contribution in [1.29, 1.82) is 0 Å². The Hall–Kier alpha value is -3.66. The van der Waals surface area contributed by atoms with Crippen LogP contribution in [0.4, 0.5) is 0 Å². The SMILES string of the molecule is C#C[C@H](N)c1ncc(-c2ccc(-c3ccc4c(c3)CCCc3[nH]c([C@H](C)N)nc3-4)cc2)[nH]1. The van der Waals surface area contributed by atoms with Crippen molar-refractivity contribution in [2.75, 3.05) is 0 Å². The zero-order valence-corrected chi connectivity index (χ0v) is 18.0. The van der Waals surface area contributed by atoms with Crippen LogP contribution in [0.3, 0.4) is 0 Å². The molecule has 0 saturated carbocycles. The lowest BCUT2D eigenvalue weighted by atomic mass is 9.95. The van der Waals surface area contributed by atoms with Crippen LogP contribution in [0, 0.1) is 12.3 Å². The first-order valence-corrected chi connectivity index (χ1v) is 10.9. The number of aromatic nitrogens is 4. The Balaban J connectivity index is 1.44. The molecule has 0 radical (unpaired) electrons. The number of aromatic amines is 2. The van der Waals surface area contributed by atoms with E-state index in [4.69, 9.17) is 22.9 Å². The molecule has 6 nitrogen and oxygen atoms in total. The largest absolute Gasteiger partial charge is 0.344 e. The van der Waals surface area contributed by atoms with Crippen LogP contribution >= 0.6 is 0 Å². The van der Waals surface area contributed by atoms with Crippen molar-refractivity contribution in [2.45, 2.75) is 38.3 Å². The average molecular weight is 423 g/mol. The van der Waals surface area contributed by atoms with Gasteiger partial charge in [-0.1, -0.05) is 48.4 Å². The third-order valence-corrected chi connectivity index (χ3v) is 6.06. The van der Waals surface area contributed by atoms with Gasteiger partial charge in [0.15, 0.2) is 0 Å². The molecule has 5 rings (SSSR count). The Labute approximate surface area is 187 Å². The maximum Gasteiger partial charge on any atom is 0.135 e. The molecule has 2 aromatic heterocycles. The van der Waals surface area contributed by atoms with Crippen LogP contribution in [0.5, 0.6) is 0 Å². The highest BCUT2D eigenvalue weighted by atomic mass is 15.0. The smallest absolute Gasteiger partial charge is 0.135 e. The average Bonchev–Trinajstić information content (AvgIpc) is 3.43. The summed E-state index contributed by atoms with van der Waals surface area (Å²) < 4.78 is 0. The number of benzene rings is 2. The summed E-state index contributed by atoms with van der Waals surface area (Å²) in [5, 5.41) is 0. The molecule has 0 fully saturated rings. The number of aryl methyl sites for hydroxylation is 2. The minimum Gasteiger partial charge on any atom is -0.344 e. The van der Waals surface area contributed by atoms with Gasteiger partial charge in [-0.05, 0) is 48.4 Å². The highest BCUT2D eigenvalue weighted by molar-refractivity contribution is 5.75. The molecule has 0 saturated heterocycles. The van der Waals surface area contributed by atoms with E-state index in [1.807, 2.05) is 6.92 Å². The van der Waals surface area contributed by atoms with E-state index in [9.17, 15) is 0 Å². The molecule has 0 bridgehead atoms. The van der Waals surface area contributed by atoms with E-state index in [-0.39, 0.29) is 6.04 Å². The second-order valence-electron chi connectivity index (χ2n) is 8.37. The van der Waals surface area contributed by atoms with Crippen molar-refractivity contribution in [2.24, 2.45) is 11.5 Å². The van der Waals surface area contributed by atoms with E-state index in [0.717, 1.165) is 42.0 Å². The van der Waals surface area contributed by atoms with E-state index in [1.165, 1.54) is 27.9 Å². The van der Waals surface area contributed by atoms with Crippen molar-refractivity contribution in [3.05, 3.63) is 71.6 Å². The summed E-state index contributed by atoms with van der Waals surface area (Å²) in [6, 6.07) is 14.5. The predicted octanol–water partition coefficient (Wildman–Crippen LogP) is 4.28. The maximum atomic E-state index is 6.05. The summed E-state index contributed by atoms with van der Waals surface area (Å²) in [5.74, 6) is 3.94. The van der Waals surface area contributed by atoms with E-state index in [1.54, 1.807) is 6.20 Å². The van der Waals surface area contributed by atoms with Crippen molar-refractivity contribution in [1.82, 2.24) is 19.9 Å². The molecule has 6 heteroatoms. The van der Waals surface area contributed by atoms with Crippen LogP contribution in [0.2, 0.25) is 0 Å². The van der Waals surface area contributed by atoms with Crippen molar-refractivity contribution in [3.8, 4) is 46.0 Å². The summed E-state index contributed by atoms with van der Waals surface area (Å²) in [6.45, 7) is 1.96. The molecular weight excluding hydrogens is 396 g/mol. The molecule has 4 aromatic rings.